The Morgan fingerprint density at radius 1 is 1.00 bits per heavy atom. The Morgan fingerprint density at radius 2 is 1.82 bits per heavy atom. The number of aromatic nitrogens is 2. The molecule has 4 heteroatoms. The van der Waals surface area contributed by atoms with Crippen LogP contribution in [0.3, 0.4) is 0 Å². The molecule has 28 heavy (non-hydrogen) atoms. The number of nitrogens with one attached hydrogen (secondary N) is 2. The topological polar surface area (TPSA) is 57.8 Å². The predicted octanol–water partition coefficient (Wildman–Crippen LogP) is 5.42. The Bertz CT molecular complexity index is 1130. The van der Waals surface area contributed by atoms with Crippen LogP contribution in [-0.2, 0) is 11.2 Å². The van der Waals surface area contributed by atoms with Crippen LogP contribution in [0.25, 0.3) is 22.0 Å². The van der Waals surface area contributed by atoms with Gasteiger partial charge in [-0.05, 0) is 54.7 Å². The van der Waals surface area contributed by atoms with Crippen LogP contribution in [0.15, 0.2) is 66.7 Å². The SMILES string of the molecule is Cc1ccc(C)c(-c2ccc3c(NC(=O)CCc4ccccc4)n[nH]c3c2)c1. The van der Waals surface area contributed by atoms with Crippen LogP contribution >= 0.6 is 0 Å². The molecule has 0 fully saturated rings. The average molecular weight is 369 g/mol. The third-order valence-electron chi connectivity index (χ3n) is 5.01. The van der Waals surface area contributed by atoms with Crippen molar-refractivity contribution in [3.8, 4) is 11.1 Å². The highest BCUT2D eigenvalue weighted by Gasteiger charge is 2.11. The molecule has 0 saturated heterocycles. The lowest BCUT2D eigenvalue weighted by atomic mass is 9.98. The van der Waals surface area contributed by atoms with Crippen molar-refractivity contribution in [2.75, 3.05) is 5.32 Å². The van der Waals surface area contributed by atoms with E-state index in [2.05, 4.69) is 59.7 Å². The minimum absolute atomic E-state index is 0.0316. The first-order valence-electron chi connectivity index (χ1n) is 9.50. The lowest BCUT2D eigenvalue weighted by Gasteiger charge is -2.08. The van der Waals surface area contributed by atoms with Gasteiger partial charge in [0.25, 0.3) is 0 Å². The molecule has 0 unspecified atom stereocenters. The highest BCUT2D eigenvalue weighted by atomic mass is 16.1. The normalized spacial score (nSPS) is 10.9. The van der Waals surface area contributed by atoms with Gasteiger partial charge in [0.15, 0.2) is 5.82 Å². The van der Waals surface area contributed by atoms with E-state index in [-0.39, 0.29) is 5.91 Å². The minimum Gasteiger partial charge on any atom is -0.309 e. The van der Waals surface area contributed by atoms with Gasteiger partial charge in [-0.25, -0.2) is 0 Å². The van der Waals surface area contributed by atoms with Crippen molar-refractivity contribution in [3.63, 3.8) is 0 Å². The number of carbonyl (C=O) groups is 1. The molecule has 140 valence electrons. The van der Waals surface area contributed by atoms with E-state index in [4.69, 9.17) is 0 Å². The number of carbonyl (C=O) groups excluding carboxylic acids is 1. The first-order valence-corrected chi connectivity index (χ1v) is 9.50. The molecule has 0 spiro atoms. The summed E-state index contributed by atoms with van der Waals surface area (Å²) in [7, 11) is 0. The molecule has 2 N–H and O–H groups in total. The summed E-state index contributed by atoms with van der Waals surface area (Å²) in [4.78, 5) is 12.3. The number of rotatable bonds is 5. The van der Waals surface area contributed by atoms with E-state index in [9.17, 15) is 4.79 Å². The number of hydrogen-bond acceptors (Lipinski definition) is 2. The Hall–Kier alpha value is -3.40. The molecule has 1 heterocycles. The summed E-state index contributed by atoms with van der Waals surface area (Å²) in [6, 6.07) is 22.7. The van der Waals surface area contributed by atoms with Gasteiger partial charge in [-0.2, -0.15) is 5.10 Å². The molecule has 0 aliphatic heterocycles. The Kier molecular flexibility index (Phi) is 4.94. The minimum atomic E-state index is -0.0316. The van der Waals surface area contributed by atoms with Crippen molar-refractivity contribution in [1.29, 1.82) is 0 Å². The predicted molar refractivity (Wildman–Crippen MR) is 114 cm³/mol. The number of aryl methyl sites for hydroxylation is 3. The molecular formula is C24H23N3O. The maximum atomic E-state index is 12.3. The summed E-state index contributed by atoms with van der Waals surface area (Å²) in [5.41, 5.74) is 6.89. The molecule has 0 radical (unpaired) electrons. The lowest BCUT2D eigenvalue weighted by molar-refractivity contribution is -0.116. The van der Waals surface area contributed by atoms with Crippen molar-refractivity contribution in [2.24, 2.45) is 0 Å². The number of hydrogen-bond donors (Lipinski definition) is 2. The van der Waals surface area contributed by atoms with E-state index >= 15 is 0 Å². The summed E-state index contributed by atoms with van der Waals surface area (Å²) in [6.45, 7) is 4.21. The number of anilines is 1. The van der Waals surface area contributed by atoms with Crippen LogP contribution in [0.2, 0.25) is 0 Å². The second-order valence-electron chi connectivity index (χ2n) is 7.18. The molecule has 0 aliphatic carbocycles. The number of aromatic amines is 1. The van der Waals surface area contributed by atoms with Crippen molar-refractivity contribution in [1.82, 2.24) is 10.2 Å². The van der Waals surface area contributed by atoms with Crippen LogP contribution < -0.4 is 5.32 Å². The second kappa shape index (κ2) is 7.69. The van der Waals surface area contributed by atoms with Gasteiger partial charge in [0.05, 0.1) is 5.52 Å². The van der Waals surface area contributed by atoms with E-state index in [1.54, 1.807) is 0 Å². The van der Waals surface area contributed by atoms with Crippen molar-refractivity contribution in [2.45, 2.75) is 26.7 Å². The molecular weight excluding hydrogens is 346 g/mol. The van der Waals surface area contributed by atoms with Gasteiger partial charge in [0.2, 0.25) is 5.91 Å². The summed E-state index contributed by atoms with van der Waals surface area (Å²) in [5.74, 6) is 0.552. The Morgan fingerprint density at radius 3 is 2.64 bits per heavy atom. The van der Waals surface area contributed by atoms with Crippen molar-refractivity contribution < 1.29 is 4.79 Å². The quantitative estimate of drug-likeness (QED) is 0.494. The first kappa shape index (κ1) is 18.0. The van der Waals surface area contributed by atoms with Gasteiger partial charge in [-0.1, -0.05) is 60.2 Å². The molecule has 4 aromatic rings. The van der Waals surface area contributed by atoms with E-state index in [0.29, 0.717) is 18.7 Å². The Labute approximate surface area is 164 Å². The van der Waals surface area contributed by atoms with Gasteiger partial charge in [-0.3, -0.25) is 9.89 Å². The van der Waals surface area contributed by atoms with E-state index in [1.165, 1.54) is 16.7 Å². The monoisotopic (exact) mass is 369 g/mol. The lowest BCUT2D eigenvalue weighted by Crippen LogP contribution is -2.12. The molecule has 4 rings (SSSR count). The first-order chi connectivity index (χ1) is 13.6. The van der Waals surface area contributed by atoms with Crippen LogP contribution in [-0.4, -0.2) is 16.1 Å². The summed E-state index contributed by atoms with van der Waals surface area (Å²) >= 11 is 0. The average Bonchev–Trinajstić information content (AvgIpc) is 3.11. The molecule has 3 aromatic carbocycles. The van der Waals surface area contributed by atoms with Gasteiger partial charge >= 0.3 is 0 Å². The highest BCUT2D eigenvalue weighted by Crippen LogP contribution is 2.29. The maximum absolute atomic E-state index is 12.3. The number of H-pyrrole nitrogens is 1. The molecule has 0 bridgehead atoms. The third kappa shape index (κ3) is 3.81. The van der Waals surface area contributed by atoms with E-state index in [1.807, 2.05) is 36.4 Å². The fraction of sp³-hybridized carbons (Fsp3) is 0.167. The van der Waals surface area contributed by atoms with Gasteiger partial charge in [-0.15, -0.1) is 0 Å². The number of nitrogens with zero attached hydrogens (tertiary/aromatic N) is 1. The van der Waals surface area contributed by atoms with Gasteiger partial charge in [0.1, 0.15) is 0 Å². The smallest absolute Gasteiger partial charge is 0.225 e. The van der Waals surface area contributed by atoms with Crippen molar-refractivity contribution in [3.05, 3.63) is 83.4 Å². The molecule has 0 atom stereocenters. The van der Waals surface area contributed by atoms with Crippen LogP contribution in [0.1, 0.15) is 23.1 Å². The fourth-order valence-electron chi connectivity index (χ4n) is 3.43. The zero-order valence-electron chi connectivity index (χ0n) is 16.1. The Balaban J connectivity index is 1.51. The van der Waals surface area contributed by atoms with Crippen molar-refractivity contribution >= 4 is 22.6 Å². The largest absolute Gasteiger partial charge is 0.309 e. The zero-order chi connectivity index (χ0) is 19.5. The summed E-state index contributed by atoms with van der Waals surface area (Å²) in [6.07, 6.45) is 1.14. The molecule has 0 saturated carbocycles. The summed E-state index contributed by atoms with van der Waals surface area (Å²) < 4.78 is 0. The molecule has 1 amide bonds. The van der Waals surface area contributed by atoms with Crippen LogP contribution in [0.4, 0.5) is 5.82 Å². The van der Waals surface area contributed by atoms with Crippen LogP contribution in [0.5, 0.6) is 0 Å². The maximum Gasteiger partial charge on any atom is 0.225 e. The van der Waals surface area contributed by atoms with Gasteiger partial charge < -0.3 is 5.32 Å². The molecule has 4 nitrogen and oxygen atoms in total. The van der Waals surface area contributed by atoms with Crippen LogP contribution in [0, 0.1) is 13.8 Å². The van der Waals surface area contributed by atoms with E-state index < -0.39 is 0 Å². The standard InChI is InChI=1S/C24H23N3O/c1-16-8-9-17(2)21(14-16)19-11-12-20-22(15-19)26-27-24(20)25-23(28)13-10-18-6-4-3-5-7-18/h3-9,11-12,14-15H,10,13H2,1-2H3,(H2,25,26,27,28). The third-order valence-corrected chi connectivity index (χ3v) is 5.01. The number of amides is 1. The summed E-state index contributed by atoms with van der Waals surface area (Å²) in [5, 5.41) is 11.2. The molecule has 1 aromatic heterocycles. The highest BCUT2D eigenvalue weighted by molar-refractivity contribution is 6.00. The zero-order valence-corrected chi connectivity index (χ0v) is 16.1. The number of benzene rings is 3. The van der Waals surface area contributed by atoms with E-state index in [0.717, 1.165) is 22.0 Å². The van der Waals surface area contributed by atoms with Gasteiger partial charge in [0, 0.05) is 11.8 Å². The molecule has 0 aliphatic rings. The number of fused-ring (bicyclic) bond motifs is 1. The second-order valence-corrected chi connectivity index (χ2v) is 7.18. The fourth-order valence-corrected chi connectivity index (χ4v) is 3.43.